The lowest BCUT2D eigenvalue weighted by Gasteiger charge is -2.06. The molecule has 0 atom stereocenters. The molecule has 4 nitrogen and oxygen atoms in total. The van der Waals surface area contributed by atoms with E-state index in [1.165, 1.54) is 24.3 Å². The van der Waals surface area contributed by atoms with Crippen LogP contribution in [0.2, 0.25) is 5.02 Å². The van der Waals surface area contributed by atoms with E-state index in [2.05, 4.69) is 9.97 Å². The molecule has 0 saturated carbocycles. The third-order valence-corrected chi connectivity index (χ3v) is 3.56. The van der Waals surface area contributed by atoms with E-state index >= 15 is 0 Å². The summed E-state index contributed by atoms with van der Waals surface area (Å²) in [5.74, 6) is -1.94. The number of nitrogens with one attached hydrogen (secondary N) is 1. The normalized spacial score (nSPS) is 11.8. The van der Waals surface area contributed by atoms with Gasteiger partial charge in [0, 0.05) is 28.9 Å². The summed E-state index contributed by atoms with van der Waals surface area (Å²) in [5.41, 5.74) is 0.876. The number of rotatable bonds is 3. The Morgan fingerprint density at radius 3 is 2.86 bits per heavy atom. The first kappa shape index (κ1) is 14.3. The van der Waals surface area contributed by atoms with Crippen molar-refractivity contribution in [3.63, 3.8) is 0 Å². The molecule has 0 spiro atoms. The quantitative estimate of drug-likeness (QED) is 0.718. The number of hydrogen-bond donors (Lipinski definition) is 2. The lowest BCUT2D eigenvalue weighted by molar-refractivity contribution is -0.130. The zero-order chi connectivity index (χ0) is 15.7. The molecule has 0 fully saturated rings. The largest absolute Gasteiger partial charge is 0.478 e. The van der Waals surface area contributed by atoms with Crippen LogP contribution in [0.4, 0.5) is 4.39 Å². The molecule has 0 aliphatic carbocycles. The van der Waals surface area contributed by atoms with Crippen LogP contribution < -0.4 is 0 Å². The minimum atomic E-state index is -1.26. The minimum Gasteiger partial charge on any atom is -0.478 e. The molecule has 22 heavy (non-hydrogen) atoms. The van der Waals surface area contributed by atoms with Crippen LogP contribution in [0.1, 0.15) is 11.1 Å². The summed E-state index contributed by atoms with van der Waals surface area (Å²) in [4.78, 5) is 18.6. The van der Waals surface area contributed by atoms with Crippen molar-refractivity contribution in [2.75, 3.05) is 0 Å². The standard InChI is InChI=1S/C16H10ClFN2O2/c17-12-4-1-5-13(18)14(12)11(16(21)22)7-9-8-20-15-10(9)3-2-6-19-15/h1-8H,(H,19,20)(H,21,22). The molecule has 0 unspecified atom stereocenters. The fraction of sp³-hybridized carbons (Fsp3) is 0. The van der Waals surface area contributed by atoms with Gasteiger partial charge in [-0.3, -0.25) is 0 Å². The maximum Gasteiger partial charge on any atom is 0.336 e. The van der Waals surface area contributed by atoms with Gasteiger partial charge in [0.15, 0.2) is 0 Å². The monoisotopic (exact) mass is 316 g/mol. The van der Waals surface area contributed by atoms with E-state index in [1.54, 1.807) is 24.5 Å². The number of H-pyrrole nitrogens is 1. The Kier molecular flexibility index (Phi) is 3.65. The van der Waals surface area contributed by atoms with Gasteiger partial charge in [0.2, 0.25) is 0 Å². The maximum absolute atomic E-state index is 14.0. The van der Waals surface area contributed by atoms with E-state index < -0.39 is 11.8 Å². The molecule has 2 N–H and O–H groups in total. The third kappa shape index (κ3) is 2.46. The Bertz CT molecular complexity index is 882. The van der Waals surface area contributed by atoms with Gasteiger partial charge in [0.1, 0.15) is 11.5 Å². The van der Waals surface area contributed by atoms with Gasteiger partial charge < -0.3 is 10.1 Å². The van der Waals surface area contributed by atoms with Gasteiger partial charge >= 0.3 is 5.97 Å². The zero-order valence-corrected chi connectivity index (χ0v) is 11.9. The molecule has 3 rings (SSSR count). The second-order valence-electron chi connectivity index (χ2n) is 4.60. The van der Waals surface area contributed by atoms with E-state index in [0.29, 0.717) is 11.2 Å². The van der Waals surface area contributed by atoms with Crippen LogP contribution in [-0.2, 0) is 4.79 Å². The SMILES string of the molecule is O=C(O)C(=Cc1c[nH]c2ncccc12)c1c(F)cccc1Cl. The van der Waals surface area contributed by atoms with Crippen LogP contribution in [0.5, 0.6) is 0 Å². The number of aliphatic carboxylic acids is 1. The third-order valence-electron chi connectivity index (χ3n) is 3.25. The number of halogens is 2. The van der Waals surface area contributed by atoms with E-state index in [-0.39, 0.29) is 16.2 Å². The lowest BCUT2D eigenvalue weighted by Crippen LogP contribution is -2.02. The van der Waals surface area contributed by atoms with Crippen LogP contribution >= 0.6 is 11.6 Å². The number of carbonyl (C=O) groups is 1. The molecular formula is C16H10ClFN2O2. The first-order chi connectivity index (χ1) is 10.6. The molecule has 6 heteroatoms. The van der Waals surface area contributed by atoms with Crippen molar-refractivity contribution in [1.29, 1.82) is 0 Å². The number of carboxylic acids is 1. The Labute approximate surface area is 129 Å². The number of fused-ring (bicyclic) bond motifs is 1. The predicted molar refractivity (Wildman–Crippen MR) is 83.0 cm³/mol. The van der Waals surface area contributed by atoms with Gasteiger partial charge in [-0.05, 0) is 30.3 Å². The molecule has 3 aromatic rings. The summed E-state index contributed by atoms with van der Waals surface area (Å²) in [6.45, 7) is 0. The van der Waals surface area contributed by atoms with Gasteiger partial charge in [0.05, 0.1) is 10.6 Å². The van der Waals surface area contributed by atoms with Gasteiger partial charge in [-0.15, -0.1) is 0 Å². The number of pyridine rings is 1. The zero-order valence-electron chi connectivity index (χ0n) is 11.2. The highest BCUT2D eigenvalue weighted by Crippen LogP contribution is 2.30. The molecular weight excluding hydrogens is 307 g/mol. The van der Waals surface area contributed by atoms with E-state index in [0.717, 1.165) is 5.39 Å². The fourth-order valence-corrected chi connectivity index (χ4v) is 2.51. The topological polar surface area (TPSA) is 66.0 Å². The Balaban J connectivity index is 2.22. The summed E-state index contributed by atoms with van der Waals surface area (Å²) in [6.07, 6.45) is 4.63. The molecule has 0 saturated heterocycles. The van der Waals surface area contributed by atoms with Crippen molar-refractivity contribution in [2.45, 2.75) is 0 Å². The van der Waals surface area contributed by atoms with Gasteiger partial charge in [0.25, 0.3) is 0 Å². The van der Waals surface area contributed by atoms with E-state index in [4.69, 9.17) is 11.6 Å². The average Bonchev–Trinajstić information content (AvgIpc) is 2.89. The van der Waals surface area contributed by atoms with E-state index in [9.17, 15) is 14.3 Å². The molecule has 2 heterocycles. The predicted octanol–water partition coefficient (Wildman–Crippen LogP) is 3.98. The molecule has 110 valence electrons. The number of benzene rings is 1. The second-order valence-corrected chi connectivity index (χ2v) is 5.01. The first-order valence-electron chi connectivity index (χ1n) is 6.39. The van der Waals surface area contributed by atoms with Gasteiger partial charge in [-0.25, -0.2) is 14.2 Å². The minimum absolute atomic E-state index is 0.0478. The highest BCUT2D eigenvalue weighted by atomic mass is 35.5. The first-order valence-corrected chi connectivity index (χ1v) is 6.77. The Morgan fingerprint density at radius 2 is 2.14 bits per heavy atom. The molecule has 1 aromatic carbocycles. The molecule has 2 aromatic heterocycles. The van der Waals surface area contributed by atoms with Gasteiger partial charge in [-0.1, -0.05) is 17.7 Å². The highest BCUT2D eigenvalue weighted by Gasteiger charge is 2.19. The highest BCUT2D eigenvalue weighted by molar-refractivity contribution is 6.35. The van der Waals surface area contributed by atoms with Crippen molar-refractivity contribution in [2.24, 2.45) is 0 Å². The number of aromatic amines is 1. The Hall–Kier alpha value is -2.66. The number of carboxylic acid groups (broad SMARTS) is 1. The van der Waals surface area contributed by atoms with Crippen molar-refractivity contribution in [3.05, 3.63) is 64.7 Å². The maximum atomic E-state index is 14.0. The van der Waals surface area contributed by atoms with Crippen LogP contribution in [0.15, 0.2) is 42.7 Å². The van der Waals surface area contributed by atoms with Crippen LogP contribution in [-0.4, -0.2) is 21.0 Å². The number of nitrogens with zero attached hydrogens (tertiary/aromatic N) is 1. The lowest BCUT2D eigenvalue weighted by atomic mass is 10.0. The van der Waals surface area contributed by atoms with E-state index in [1.807, 2.05) is 0 Å². The van der Waals surface area contributed by atoms with Crippen molar-refractivity contribution < 1.29 is 14.3 Å². The van der Waals surface area contributed by atoms with Crippen LogP contribution in [0, 0.1) is 5.82 Å². The van der Waals surface area contributed by atoms with Gasteiger partial charge in [-0.2, -0.15) is 0 Å². The molecule has 0 radical (unpaired) electrons. The Morgan fingerprint density at radius 1 is 1.32 bits per heavy atom. The summed E-state index contributed by atoms with van der Waals surface area (Å²) >= 11 is 5.96. The summed E-state index contributed by atoms with van der Waals surface area (Å²) in [7, 11) is 0. The molecule has 0 amide bonds. The molecule has 0 aliphatic heterocycles. The molecule has 0 bridgehead atoms. The number of aromatic nitrogens is 2. The number of hydrogen-bond acceptors (Lipinski definition) is 2. The van der Waals surface area contributed by atoms with Crippen LogP contribution in [0.25, 0.3) is 22.7 Å². The van der Waals surface area contributed by atoms with Crippen molar-refractivity contribution >= 4 is 40.3 Å². The summed E-state index contributed by atoms with van der Waals surface area (Å²) in [5, 5.41) is 10.2. The summed E-state index contributed by atoms with van der Waals surface area (Å²) < 4.78 is 14.0. The second kappa shape index (κ2) is 5.61. The fourth-order valence-electron chi connectivity index (χ4n) is 2.25. The summed E-state index contributed by atoms with van der Waals surface area (Å²) in [6, 6.07) is 7.59. The van der Waals surface area contributed by atoms with Crippen molar-refractivity contribution in [1.82, 2.24) is 9.97 Å². The molecule has 0 aliphatic rings. The van der Waals surface area contributed by atoms with Crippen molar-refractivity contribution in [3.8, 4) is 0 Å². The van der Waals surface area contributed by atoms with Crippen LogP contribution in [0.3, 0.4) is 0 Å². The average molecular weight is 317 g/mol. The smallest absolute Gasteiger partial charge is 0.336 e.